The normalized spacial score (nSPS) is 12.1. The van der Waals surface area contributed by atoms with Crippen molar-refractivity contribution in [1.82, 2.24) is 9.97 Å². The number of nitrogens with zero attached hydrogens (tertiary/aromatic N) is 2. The van der Waals surface area contributed by atoms with Gasteiger partial charge in [0, 0.05) is 6.07 Å². The maximum atomic E-state index is 12.9. The molecule has 3 aromatic rings. The summed E-state index contributed by atoms with van der Waals surface area (Å²) in [6, 6.07) is 12.1. The quantitative estimate of drug-likeness (QED) is 0.463. The van der Waals surface area contributed by atoms with Gasteiger partial charge in [-0.15, -0.1) is 0 Å². The fourth-order valence-electron chi connectivity index (χ4n) is 3.05. The molecule has 0 fully saturated rings. The largest absolute Gasteiger partial charge is 0.497 e. The highest BCUT2D eigenvalue weighted by Crippen LogP contribution is 2.34. The number of para-hydroxylation sites is 2. The van der Waals surface area contributed by atoms with E-state index in [4.69, 9.17) is 9.47 Å². The van der Waals surface area contributed by atoms with E-state index in [2.05, 4.69) is 24.7 Å². The Kier molecular flexibility index (Phi) is 6.98. The SMILES string of the molecule is CCC(C(=O)OC)S(=O)(=O)Nc1nc2ccccc2nc1Nc1cc(OC)ccc1OC. The molecule has 10 nitrogen and oxygen atoms in total. The first-order chi connectivity index (χ1) is 15.3. The molecule has 0 saturated heterocycles. The average Bonchev–Trinajstić information content (AvgIpc) is 2.79. The molecule has 1 atom stereocenters. The zero-order chi connectivity index (χ0) is 23.3. The molecule has 0 bridgehead atoms. The van der Waals surface area contributed by atoms with Gasteiger partial charge in [-0.2, -0.15) is 0 Å². The summed E-state index contributed by atoms with van der Waals surface area (Å²) in [6.45, 7) is 1.58. The van der Waals surface area contributed by atoms with E-state index >= 15 is 0 Å². The Hall–Kier alpha value is -3.60. The van der Waals surface area contributed by atoms with Crippen molar-refractivity contribution in [2.24, 2.45) is 0 Å². The summed E-state index contributed by atoms with van der Waals surface area (Å²) in [6.07, 6.45) is 0.0233. The second kappa shape index (κ2) is 9.69. The lowest BCUT2D eigenvalue weighted by molar-refractivity contribution is -0.140. The predicted molar refractivity (Wildman–Crippen MR) is 121 cm³/mol. The van der Waals surface area contributed by atoms with Crippen LogP contribution in [0.4, 0.5) is 17.3 Å². The van der Waals surface area contributed by atoms with Gasteiger partial charge in [-0.3, -0.25) is 9.52 Å². The molecule has 0 aliphatic heterocycles. The van der Waals surface area contributed by atoms with Crippen molar-refractivity contribution in [2.45, 2.75) is 18.6 Å². The third-order valence-electron chi connectivity index (χ3n) is 4.68. The van der Waals surface area contributed by atoms with Crippen molar-refractivity contribution in [1.29, 1.82) is 0 Å². The molecular weight excluding hydrogens is 436 g/mol. The third kappa shape index (κ3) is 4.83. The second-order valence-corrected chi connectivity index (χ2v) is 8.53. The van der Waals surface area contributed by atoms with Gasteiger partial charge in [0.25, 0.3) is 0 Å². The minimum Gasteiger partial charge on any atom is -0.497 e. The lowest BCUT2D eigenvalue weighted by atomic mass is 10.2. The van der Waals surface area contributed by atoms with Crippen LogP contribution in [-0.4, -0.2) is 50.9 Å². The Bertz CT molecular complexity index is 1230. The van der Waals surface area contributed by atoms with Gasteiger partial charge in [0.15, 0.2) is 16.9 Å². The number of nitrogens with one attached hydrogen (secondary N) is 2. The molecule has 3 rings (SSSR count). The van der Waals surface area contributed by atoms with Gasteiger partial charge in [0.1, 0.15) is 11.5 Å². The Labute approximate surface area is 186 Å². The summed E-state index contributed by atoms with van der Waals surface area (Å²) in [5.74, 6) is 0.226. The summed E-state index contributed by atoms with van der Waals surface area (Å²) in [5.41, 5.74) is 1.50. The molecule has 11 heteroatoms. The third-order valence-corrected chi connectivity index (χ3v) is 6.43. The van der Waals surface area contributed by atoms with Crippen LogP contribution in [0.5, 0.6) is 11.5 Å². The van der Waals surface area contributed by atoms with Crippen molar-refractivity contribution in [3.63, 3.8) is 0 Å². The van der Waals surface area contributed by atoms with E-state index in [1.165, 1.54) is 14.2 Å². The van der Waals surface area contributed by atoms with Crippen LogP contribution in [0.1, 0.15) is 13.3 Å². The number of anilines is 3. The van der Waals surface area contributed by atoms with Crippen LogP contribution in [-0.2, 0) is 19.6 Å². The van der Waals surface area contributed by atoms with E-state index in [0.29, 0.717) is 28.2 Å². The van der Waals surface area contributed by atoms with Crippen LogP contribution < -0.4 is 19.5 Å². The molecular formula is C21H24N4O6S. The first-order valence-corrected chi connectivity index (χ1v) is 11.2. The molecule has 0 aliphatic rings. The van der Waals surface area contributed by atoms with Crippen LogP contribution in [0.2, 0.25) is 0 Å². The molecule has 1 unspecified atom stereocenters. The van der Waals surface area contributed by atoms with E-state index in [9.17, 15) is 13.2 Å². The summed E-state index contributed by atoms with van der Waals surface area (Å²) in [7, 11) is -0.00313. The summed E-state index contributed by atoms with van der Waals surface area (Å²) < 4.78 is 43.6. The zero-order valence-electron chi connectivity index (χ0n) is 18.1. The molecule has 2 N–H and O–H groups in total. The summed E-state index contributed by atoms with van der Waals surface area (Å²) in [4.78, 5) is 20.9. The van der Waals surface area contributed by atoms with Crippen LogP contribution >= 0.6 is 0 Å². The molecule has 1 heterocycles. The van der Waals surface area contributed by atoms with Crippen molar-refractivity contribution in [2.75, 3.05) is 31.4 Å². The number of carbonyl (C=O) groups excluding carboxylic acids is 1. The number of fused-ring (bicyclic) bond motifs is 1. The number of rotatable bonds is 9. The van der Waals surface area contributed by atoms with E-state index in [1.54, 1.807) is 49.4 Å². The maximum absolute atomic E-state index is 12.9. The first kappa shape index (κ1) is 23.1. The Balaban J connectivity index is 2.10. The number of hydrogen-bond donors (Lipinski definition) is 2. The first-order valence-electron chi connectivity index (χ1n) is 9.68. The van der Waals surface area contributed by atoms with Crippen molar-refractivity contribution in [3.05, 3.63) is 42.5 Å². The summed E-state index contributed by atoms with van der Waals surface area (Å²) in [5, 5.41) is 1.66. The minimum absolute atomic E-state index is 0.0233. The van der Waals surface area contributed by atoms with Gasteiger partial charge < -0.3 is 19.5 Å². The van der Waals surface area contributed by atoms with Gasteiger partial charge in [0.2, 0.25) is 10.0 Å². The molecule has 0 saturated carbocycles. The van der Waals surface area contributed by atoms with E-state index in [-0.39, 0.29) is 18.1 Å². The van der Waals surface area contributed by atoms with Gasteiger partial charge in [-0.1, -0.05) is 19.1 Å². The lowest BCUT2D eigenvalue weighted by Crippen LogP contribution is -2.35. The molecule has 1 aromatic heterocycles. The Morgan fingerprint density at radius 1 is 1.00 bits per heavy atom. The van der Waals surface area contributed by atoms with Gasteiger partial charge in [0.05, 0.1) is 38.1 Å². The molecule has 32 heavy (non-hydrogen) atoms. The van der Waals surface area contributed by atoms with Crippen molar-refractivity contribution < 1.29 is 27.4 Å². The van der Waals surface area contributed by atoms with E-state index in [0.717, 1.165) is 7.11 Å². The lowest BCUT2D eigenvalue weighted by Gasteiger charge is -2.18. The van der Waals surface area contributed by atoms with E-state index < -0.39 is 21.2 Å². The number of carbonyl (C=O) groups is 1. The highest BCUT2D eigenvalue weighted by molar-refractivity contribution is 7.94. The van der Waals surface area contributed by atoms with Gasteiger partial charge in [-0.05, 0) is 30.7 Å². The monoisotopic (exact) mass is 460 g/mol. The zero-order valence-corrected chi connectivity index (χ0v) is 18.9. The van der Waals surface area contributed by atoms with Crippen LogP contribution in [0.3, 0.4) is 0 Å². The summed E-state index contributed by atoms with van der Waals surface area (Å²) >= 11 is 0. The average molecular weight is 461 g/mol. The van der Waals surface area contributed by atoms with Crippen LogP contribution in [0.25, 0.3) is 11.0 Å². The molecule has 0 amide bonds. The molecule has 0 spiro atoms. The van der Waals surface area contributed by atoms with E-state index in [1.807, 2.05) is 0 Å². The number of aromatic nitrogens is 2. The Morgan fingerprint density at radius 2 is 1.66 bits per heavy atom. The van der Waals surface area contributed by atoms with Crippen LogP contribution in [0, 0.1) is 0 Å². The number of esters is 1. The molecule has 0 aliphatic carbocycles. The van der Waals surface area contributed by atoms with Gasteiger partial charge in [-0.25, -0.2) is 18.4 Å². The van der Waals surface area contributed by atoms with Crippen molar-refractivity contribution >= 4 is 44.3 Å². The number of methoxy groups -OCH3 is 3. The van der Waals surface area contributed by atoms with Crippen molar-refractivity contribution in [3.8, 4) is 11.5 Å². The number of benzene rings is 2. The molecule has 2 aromatic carbocycles. The fourth-order valence-corrected chi connectivity index (χ4v) is 4.39. The standard InChI is InChI=1S/C21H24N4O6S/c1-5-18(21(26)31-4)32(27,28)25-20-19(22-14-8-6-7-9-15(14)23-20)24-16-12-13(29-2)10-11-17(16)30-3/h6-12,18H,5H2,1-4H3,(H,22,24)(H,23,25). The molecule has 170 valence electrons. The number of ether oxygens (including phenoxy) is 3. The number of hydrogen-bond acceptors (Lipinski definition) is 9. The molecule has 0 radical (unpaired) electrons. The van der Waals surface area contributed by atoms with Crippen LogP contribution in [0.15, 0.2) is 42.5 Å². The highest BCUT2D eigenvalue weighted by atomic mass is 32.2. The minimum atomic E-state index is -4.17. The van der Waals surface area contributed by atoms with Gasteiger partial charge >= 0.3 is 5.97 Å². The smallest absolute Gasteiger partial charge is 0.325 e. The number of sulfonamides is 1. The maximum Gasteiger partial charge on any atom is 0.325 e. The predicted octanol–water partition coefficient (Wildman–Crippen LogP) is 3.08. The second-order valence-electron chi connectivity index (χ2n) is 6.67. The fraction of sp³-hybridized carbons (Fsp3) is 0.286. The highest BCUT2D eigenvalue weighted by Gasteiger charge is 2.33. The topological polar surface area (TPSA) is 129 Å². The Morgan fingerprint density at radius 3 is 2.22 bits per heavy atom.